The molecule has 0 amide bonds. The predicted molar refractivity (Wildman–Crippen MR) is 141 cm³/mol. The number of thiazole rings is 1. The molecule has 1 aliphatic rings. The van der Waals surface area contributed by atoms with Crippen molar-refractivity contribution in [3.05, 3.63) is 60.4 Å². The van der Waals surface area contributed by atoms with Gasteiger partial charge in [-0.05, 0) is 25.1 Å². The van der Waals surface area contributed by atoms with E-state index in [0.29, 0.717) is 28.6 Å². The number of H-pyrrole nitrogens is 1. The molecule has 0 unspecified atom stereocenters. The highest BCUT2D eigenvalue weighted by molar-refractivity contribution is 7.19. The standard InChI is InChI=1S/C25H24FN7O2S.CH4/c1-16-21(20-14-17(6-7-33(20)31-16)35-13-10-32-8-11-34-12-9-32)25-29-22(18-4-2-3-5-19(18)26)23(36-25)24-27-15-28-30-24;/h2-7,14-15H,8-13H2,1H3,(H,27,28,30);1H4. The maximum absolute atomic E-state index is 14.8. The maximum Gasteiger partial charge on any atom is 0.167 e. The van der Waals surface area contributed by atoms with Crippen LogP contribution in [0.4, 0.5) is 4.39 Å². The van der Waals surface area contributed by atoms with E-state index in [1.807, 2.05) is 29.8 Å². The van der Waals surface area contributed by atoms with E-state index in [-0.39, 0.29) is 13.2 Å². The summed E-state index contributed by atoms with van der Waals surface area (Å²) < 4.78 is 28.1. The quantitative estimate of drug-likeness (QED) is 0.332. The molecule has 5 aromatic rings. The molecule has 1 aliphatic heterocycles. The number of rotatable bonds is 7. The van der Waals surface area contributed by atoms with Crippen LogP contribution in [0.1, 0.15) is 13.1 Å². The molecule has 1 saturated heterocycles. The molecule has 6 rings (SSSR count). The average Bonchev–Trinajstić information content (AvgIpc) is 3.63. The van der Waals surface area contributed by atoms with Crippen molar-refractivity contribution in [3.63, 3.8) is 0 Å². The van der Waals surface area contributed by atoms with Gasteiger partial charge in [-0.2, -0.15) is 10.2 Å². The number of aryl methyl sites for hydroxylation is 1. The maximum atomic E-state index is 14.8. The first kappa shape index (κ1) is 25.0. The molecular weight excluding hydrogens is 493 g/mol. The summed E-state index contributed by atoms with van der Waals surface area (Å²) in [6.07, 6.45) is 3.32. The molecule has 0 saturated carbocycles. The lowest BCUT2D eigenvalue weighted by Gasteiger charge is -2.26. The number of aromatic amines is 1. The van der Waals surface area contributed by atoms with E-state index >= 15 is 0 Å². The lowest BCUT2D eigenvalue weighted by molar-refractivity contribution is 0.0322. The molecule has 9 nitrogen and oxygen atoms in total. The first-order valence-electron chi connectivity index (χ1n) is 11.7. The molecule has 4 aromatic heterocycles. The number of pyridine rings is 1. The molecule has 0 atom stereocenters. The second kappa shape index (κ2) is 10.8. The van der Waals surface area contributed by atoms with E-state index in [2.05, 4.69) is 25.2 Å². The molecule has 0 bridgehead atoms. The van der Waals surface area contributed by atoms with Gasteiger partial charge in [-0.3, -0.25) is 10.00 Å². The fourth-order valence-corrected chi connectivity index (χ4v) is 5.49. The van der Waals surface area contributed by atoms with Crippen LogP contribution in [0.15, 0.2) is 48.9 Å². The number of halogens is 1. The third kappa shape index (κ3) is 4.97. The number of nitrogens with one attached hydrogen (secondary N) is 1. The Balaban J connectivity index is 0.00000280. The summed E-state index contributed by atoms with van der Waals surface area (Å²) in [5, 5.41) is 12.3. The molecule has 0 aliphatic carbocycles. The van der Waals surface area contributed by atoms with Crippen molar-refractivity contribution in [2.24, 2.45) is 0 Å². The number of hydrogen-bond donors (Lipinski definition) is 1. The van der Waals surface area contributed by atoms with Crippen LogP contribution < -0.4 is 4.74 Å². The smallest absolute Gasteiger partial charge is 0.167 e. The van der Waals surface area contributed by atoms with Crippen molar-refractivity contribution < 1.29 is 13.9 Å². The summed E-state index contributed by atoms with van der Waals surface area (Å²) in [7, 11) is 0. The Morgan fingerprint density at radius 3 is 2.81 bits per heavy atom. The van der Waals surface area contributed by atoms with Crippen LogP contribution >= 0.6 is 11.3 Å². The lowest BCUT2D eigenvalue weighted by Crippen LogP contribution is -2.38. The van der Waals surface area contributed by atoms with Gasteiger partial charge in [0.05, 0.1) is 40.6 Å². The molecule has 11 heteroatoms. The van der Waals surface area contributed by atoms with E-state index in [1.165, 1.54) is 23.7 Å². The van der Waals surface area contributed by atoms with Crippen molar-refractivity contribution in [3.8, 4) is 38.3 Å². The van der Waals surface area contributed by atoms with Gasteiger partial charge in [-0.25, -0.2) is 18.9 Å². The number of benzene rings is 1. The molecule has 1 aromatic carbocycles. The minimum atomic E-state index is -0.345. The topological polar surface area (TPSA) is 93.5 Å². The number of aromatic nitrogens is 6. The van der Waals surface area contributed by atoms with Gasteiger partial charge in [0.1, 0.15) is 29.5 Å². The van der Waals surface area contributed by atoms with Crippen LogP contribution in [-0.4, -0.2) is 74.1 Å². The number of ether oxygens (including phenoxy) is 2. The lowest BCUT2D eigenvalue weighted by atomic mass is 10.1. The highest BCUT2D eigenvalue weighted by atomic mass is 32.1. The van der Waals surface area contributed by atoms with E-state index in [9.17, 15) is 4.39 Å². The zero-order valence-electron chi connectivity index (χ0n) is 19.6. The average molecular weight is 522 g/mol. The Morgan fingerprint density at radius 1 is 1.19 bits per heavy atom. The highest BCUT2D eigenvalue weighted by Gasteiger charge is 2.23. The molecular formula is C26H28FN7O2S. The van der Waals surface area contributed by atoms with Crippen LogP contribution in [0.5, 0.6) is 5.75 Å². The Bertz CT molecular complexity index is 1490. The van der Waals surface area contributed by atoms with Gasteiger partial charge in [0.2, 0.25) is 0 Å². The summed E-state index contributed by atoms with van der Waals surface area (Å²) in [4.78, 5) is 12.2. The van der Waals surface area contributed by atoms with Crippen molar-refractivity contribution in [2.45, 2.75) is 14.4 Å². The van der Waals surface area contributed by atoms with Gasteiger partial charge in [0.15, 0.2) is 5.82 Å². The zero-order valence-corrected chi connectivity index (χ0v) is 20.5. The SMILES string of the molecule is C.Cc1nn2ccc(OCCN3CCOCC3)cc2c1-c1nc(-c2ccccc2F)c(-c2ncn[nH]2)s1. The molecule has 37 heavy (non-hydrogen) atoms. The summed E-state index contributed by atoms with van der Waals surface area (Å²) >= 11 is 1.43. The Morgan fingerprint density at radius 2 is 2.03 bits per heavy atom. The van der Waals surface area contributed by atoms with Gasteiger partial charge in [0.25, 0.3) is 0 Å². The van der Waals surface area contributed by atoms with Crippen molar-refractivity contribution >= 4 is 16.9 Å². The number of hydrogen-bond acceptors (Lipinski definition) is 8. The van der Waals surface area contributed by atoms with Crippen molar-refractivity contribution in [2.75, 3.05) is 39.5 Å². The highest BCUT2D eigenvalue weighted by Crippen LogP contribution is 2.42. The van der Waals surface area contributed by atoms with Crippen molar-refractivity contribution in [1.29, 1.82) is 0 Å². The Kier molecular flexibility index (Phi) is 7.26. The van der Waals surface area contributed by atoms with Gasteiger partial charge >= 0.3 is 0 Å². The second-order valence-corrected chi connectivity index (χ2v) is 9.46. The van der Waals surface area contributed by atoms with Crippen LogP contribution in [0.2, 0.25) is 0 Å². The van der Waals surface area contributed by atoms with Crippen LogP contribution in [0.25, 0.3) is 38.0 Å². The van der Waals surface area contributed by atoms with E-state index < -0.39 is 0 Å². The van der Waals surface area contributed by atoms with Crippen LogP contribution in [-0.2, 0) is 4.74 Å². The van der Waals surface area contributed by atoms with E-state index in [4.69, 9.17) is 14.5 Å². The second-order valence-electron chi connectivity index (χ2n) is 8.47. The Labute approximate surface area is 217 Å². The van der Waals surface area contributed by atoms with Crippen LogP contribution in [0, 0.1) is 12.7 Å². The van der Waals surface area contributed by atoms with Gasteiger partial charge in [0, 0.05) is 37.5 Å². The Hall–Kier alpha value is -3.67. The first-order valence-corrected chi connectivity index (χ1v) is 12.5. The van der Waals surface area contributed by atoms with Gasteiger partial charge in [-0.1, -0.05) is 19.6 Å². The normalized spacial score (nSPS) is 14.1. The molecule has 1 fully saturated rings. The number of nitrogens with zero attached hydrogens (tertiary/aromatic N) is 6. The fourth-order valence-electron chi connectivity index (χ4n) is 4.35. The molecule has 0 spiro atoms. The fraction of sp³-hybridized carbons (Fsp3) is 0.308. The monoisotopic (exact) mass is 521 g/mol. The summed E-state index contributed by atoms with van der Waals surface area (Å²) in [6.45, 7) is 6.76. The third-order valence-electron chi connectivity index (χ3n) is 6.16. The van der Waals surface area contributed by atoms with Gasteiger partial charge in [-0.15, -0.1) is 11.3 Å². The van der Waals surface area contributed by atoms with E-state index in [0.717, 1.165) is 60.4 Å². The van der Waals surface area contributed by atoms with Crippen LogP contribution in [0.3, 0.4) is 0 Å². The molecule has 1 N–H and O–H groups in total. The number of fused-ring (bicyclic) bond motifs is 1. The van der Waals surface area contributed by atoms with E-state index in [1.54, 1.807) is 18.2 Å². The summed E-state index contributed by atoms with van der Waals surface area (Å²) in [5.41, 5.74) is 3.49. The predicted octanol–water partition coefficient (Wildman–Crippen LogP) is 4.70. The largest absolute Gasteiger partial charge is 0.492 e. The molecule has 5 heterocycles. The zero-order chi connectivity index (χ0) is 24.5. The minimum absolute atomic E-state index is 0. The first-order chi connectivity index (χ1) is 17.7. The summed E-state index contributed by atoms with van der Waals surface area (Å²) in [6, 6.07) is 10.5. The summed E-state index contributed by atoms with van der Waals surface area (Å²) in [5.74, 6) is 0.958. The minimum Gasteiger partial charge on any atom is -0.492 e. The van der Waals surface area contributed by atoms with Crippen molar-refractivity contribution in [1.82, 2.24) is 34.7 Å². The van der Waals surface area contributed by atoms with Gasteiger partial charge < -0.3 is 9.47 Å². The molecule has 0 radical (unpaired) electrons. The third-order valence-corrected chi connectivity index (χ3v) is 7.24. The molecule has 192 valence electrons. The number of morpholine rings is 1.